The summed E-state index contributed by atoms with van der Waals surface area (Å²) in [5.74, 6) is 1.31. The number of carbonyl (C=O) groups excluding carboxylic acids is 1. The van der Waals surface area contributed by atoms with Crippen molar-refractivity contribution in [3.8, 4) is 11.4 Å². The van der Waals surface area contributed by atoms with Crippen molar-refractivity contribution in [3.05, 3.63) is 24.3 Å². The molecule has 0 radical (unpaired) electrons. The lowest BCUT2D eigenvalue weighted by Gasteiger charge is -2.33. The Bertz CT molecular complexity index is 1060. The van der Waals surface area contributed by atoms with E-state index in [1.165, 1.54) is 37.4 Å². The summed E-state index contributed by atoms with van der Waals surface area (Å²) in [6.07, 6.45) is 10.2. The van der Waals surface area contributed by atoms with Gasteiger partial charge in [-0.2, -0.15) is 0 Å². The quantitative estimate of drug-likeness (QED) is 0.580. The average molecular weight is 492 g/mol. The first kappa shape index (κ1) is 24.1. The molecule has 180 valence electrons. The maximum atomic E-state index is 12.9. The fourth-order valence-electron chi connectivity index (χ4n) is 4.82. The van der Waals surface area contributed by atoms with Gasteiger partial charge in [-0.1, -0.05) is 31.0 Å². The first-order chi connectivity index (χ1) is 15.8. The number of carbonyl (C=O) groups is 1. The number of thioether (sulfide) groups is 1. The third kappa shape index (κ3) is 6.09. The highest BCUT2D eigenvalue weighted by atomic mass is 32.2. The van der Waals surface area contributed by atoms with Gasteiger partial charge >= 0.3 is 0 Å². The van der Waals surface area contributed by atoms with Gasteiger partial charge in [0, 0.05) is 29.9 Å². The van der Waals surface area contributed by atoms with Crippen molar-refractivity contribution < 1.29 is 13.2 Å². The molecular weight excluding hydrogens is 458 g/mol. The largest absolute Gasteiger partial charge is 0.339 e. The molecule has 1 aliphatic carbocycles. The van der Waals surface area contributed by atoms with E-state index in [9.17, 15) is 13.2 Å². The first-order valence-corrected chi connectivity index (χ1v) is 14.6. The summed E-state index contributed by atoms with van der Waals surface area (Å²) in [5.41, 5.74) is 1.40. The molecule has 1 saturated carbocycles. The smallest absolute Gasteiger partial charge is 0.233 e. The molecule has 0 spiro atoms. The van der Waals surface area contributed by atoms with Crippen LogP contribution in [-0.2, 0) is 14.8 Å². The molecule has 8 nitrogen and oxygen atoms in total. The van der Waals surface area contributed by atoms with Gasteiger partial charge in [-0.25, -0.2) is 8.42 Å². The zero-order chi connectivity index (χ0) is 23.4. The Morgan fingerprint density at radius 2 is 1.76 bits per heavy atom. The topological polar surface area (TPSA) is 97.2 Å². The molecule has 0 bridgehead atoms. The number of hydrogen-bond donors (Lipinski definition) is 1. The fourth-order valence-corrected chi connectivity index (χ4v) is 6.28. The van der Waals surface area contributed by atoms with Crippen LogP contribution in [0.4, 0.5) is 5.69 Å². The van der Waals surface area contributed by atoms with Crippen molar-refractivity contribution in [2.24, 2.45) is 0 Å². The summed E-state index contributed by atoms with van der Waals surface area (Å²) in [4.78, 5) is 14.9. The number of nitrogens with zero attached hydrogens (tertiary/aromatic N) is 4. The van der Waals surface area contributed by atoms with Gasteiger partial charge in [0.25, 0.3) is 0 Å². The predicted molar refractivity (Wildman–Crippen MR) is 132 cm³/mol. The Morgan fingerprint density at radius 3 is 2.42 bits per heavy atom. The van der Waals surface area contributed by atoms with E-state index in [2.05, 4.69) is 26.4 Å². The maximum Gasteiger partial charge on any atom is 0.233 e. The molecule has 1 aromatic carbocycles. The average Bonchev–Trinajstić information content (AvgIpc) is 3.22. The molecule has 1 saturated heterocycles. The zero-order valence-electron chi connectivity index (χ0n) is 19.4. The van der Waals surface area contributed by atoms with Gasteiger partial charge in [-0.15, -0.1) is 10.2 Å². The van der Waals surface area contributed by atoms with E-state index in [1.807, 2.05) is 17.0 Å². The summed E-state index contributed by atoms with van der Waals surface area (Å²) < 4.78 is 27.7. The van der Waals surface area contributed by atoms with Gasteiger partial charge < -0.3 is 4.90 Å². The normalized spacial score (nSPS) is 20.1. The van der Waals surface area contributed by atoms with Crippen molar-refractivity contribution in [1.82, 2.24) is 19.7 Å². The predicted octanol–water partition coefficient (Wildman–Crippen LogP) is 4.31. The van der Waals surface area contributed by atoms with Crippen LogP contribution in [-0.4, -0.2) is 58.6 Å². The summed E-state index contributed by atoms with van der Waals surface area (Å²) in [6, 6.07) is 7.83. The van der Waals surface area contributed by atoms with Gasteiger partial charge in [0.15, 0.2) is 11.0 Å². The molecule has 2 fully saturated rings. The molecule has 1 aromatic heterocycles. The van der Waals surface area contributed by atoms with Crippen LogP contribution in [0.15, 0.2) is 29.4 Å². The van der Waals surface area contributed by atoms with Crippen molar-refractivity contribution in [1.29, 1.82) is 0 Å². The molecule has 2 aromatic rings. The van der Waals surface area contributed by atoms with Crippen molar-refractivity contribution in [2.75, 3.05) is 23.3 Å². The molecule has 33 heavy (non-hydrogen) atoms. The lowest BCUT2D eigenvalue weighted by atomic mass is 9.95. The lowest BCUT2D eigenvalue weighted by molar-refractivity contribution is -0.131. The van der Waals surface area contributed by atoms with Crippen molar-refractivity contribution >= 4 is 33.4 Å². The summed E-state index contributed by atoms with van der Waals surface area (Å²) in [6.45, 7) is 2.97. The highest BCUT2D eigenvalue weighted by Crippen LogP contribution is 2.36. The van der Waals surface area contributed by atoms with Crippen LogP contribution in [0.1, 0.15) is 64.3 Å². The molecule has 0 unspecified atom stereocenters. The lowest BCUT2D eigenvalue weighted by Crippen LogP contribution is -2.43. The molecule has 4 rings (SSSR count). The fraction of sp³-hybridized carbons (Fsp3) is 0.609. The van der Waals surface area contributed by atoms with Crippen molar-refractivity contribution in [2.45, 2.75) is 75.5 Å². The number of anilines is 1. The number of nitrogens with one attached hydrogen (secondary N) is 1. The second kappa shape index (κ2) is 10.5. The number of aromatic nitrogens is 3. The standard InChI is InChI=1S/C23H33N5O3S2/c1-17-8-6-7-15-27(17)21(29)16-32-23-25-24-22(28(23)20-9-4-3-5-10-20)18-11-13-19(14-12-18)26-33(2,30)31/h11-14,17,20,26H,3-10,15-16H2,1-2H3/t17-/m1/s1. The molecule has 1 aliphatic heterocycles. The summed E-state index contributed by atoms with van der Waals surface area (Å²) >= 11 is 1.48. The van der Waals surface area contributed by atoms with E-state index in [0.717, 1.165) is 55.0 Å². The van der Waals surface area contributed by atoms with E-state index in [4.69, 9.17) is 0 Å². The zero-order valence-corrected chi connectivity index (χ0v) is 21.0. The monoisotopic (exact) mass is 491 g/mol. The molecular formula is C23H33N5O3S2. The van der Waals surface area contributed by atoms with E-state index >= 15 is 0 Å². The van der Waals surface area contributed by atoms with E-state index < -0.39 is 10.0 Å². The van der Waals surface area contributed by atoms with Gasteiger partial charge in [0.2, 0.25) is 15.9 Å². The minimum atomic E-state index is -3.33. The Hall–Kier alpha value is -2.07. The maximum absolute atomic E-state index is 12.9. The third-order valence-electron chi connectivity index (χ3n) is 6.50. The van der Waals surface area contributed by atoms with Gasteiger partial charge in [0.05, 0.1) is 12.0 Å². The van der Waals surface area contributed by atoms with Crippen molar-refractivity contribution in [3.63, 3.8) is 0 Å². The van der Waals surface area contributed by atoms with Crippen LogP contribution in [0.3, 0.4) is 0 Å². The van der Waals surface area contributed by atoms with Crippen LogP contribution in [0, 0.1) is 0 Å². The van der Waals surface area contributed by atoms with Crippen LogP contribution < -0.4 is 4.72 Å². The summed E-state index contributed by atoms with van der Waals surface area (Å²) in [7, 11) is -3.33. The SMILES string of the molecule is C[C@@H]1CCCCN1C(=O)CSc1nnc(-c2ccc(NS(C)(=O)=O)cc2)n1C1CCCCC1. The highest BCUT2D eigenvalue weighted by Gasteiger charge is 2.27. The van der Waals surface area contributed by atoms with Crippen LogP contribution >= 0.6 is 11.8 Å². The number of sulfonamides is 1. The minimum Gasteiger partial charge on any atom is -0.339 e. The molecule has 10 heteroatoms. The van der Waals surface area contributed by atoms with Crippen LogP contribution in [0.5, 0.6) is 0 Å². The van der Waals surface area contributed by atoms with Gasteiger partial charge in [0.1, 0.15) is 0 Å². The van der Waals surface area contributed by atoms with Crippen LogP contribution in [0.2, 0.25) is 0 Å². The molecule has 1 amide bonds. The Kier molecular flexibility index (Phi) is 7.63. The Morgan fingerprint density at radius 1 is 1.06 bits per heavy atom. The van der Waals surface area contributed by atoms with E-state index in [1.54, 1.807) is 12.1 Å². The second-order valence-electron chi connectivity index (χ2n) is 9.14. The third-order valence-corrected chi connectivity index (χ3v) is 8.03. The Balaban J connectivity index is 1.56. The first-order valence-electron chi connectivity index (χ1n) is 11.8. The molecule has 2 aliphatic rings. The number of piperidine rings is 1. The second-order valence-corrected chi connectivity index (χ2v) is 11.8. The molecule has 1 N–H and O–H groups in total. The van der Waals surface area contributed by atoms with Crippen LogP contribution in [0.25, 0.3) is 11.4 Å². The van der Waals surface area contributed by atoms with E-state index in [0.29, 0.717) is 23.5 Å². The minimum absolute atomic E-state index is 0.170. The molecule has 2 heterocycles. The molecule has 1 atom stereocenters. The number of hydrogen-bond acceptors (Lipinski definition) is 6. The number of amides is 1. The summed E-state index contributed by atoms with van der Waals surface area (Å²) in [5, 5.41) is 9.76. The van der Waals surface area contributed by atoms with E-state index in [-0.39, 0.29) is 5.91 Å². The number of rotatable bonds is 7. The Labute approximate surface area is 200 Å². The number of benzene rings is 1. The number of likely N-dealkylation sites (tertiary alicyclic amines) is 1. The van der Waals surface area contributed by atoms with Gasteiger partial charge in [-0.3, -0.25) is 14.1 Å². The highest BCUT2D eigenvalue weighted by molar-refractivity contribution is 7.99. The van der Waals surface area contributed by atoms with Gasteiger partial charge in [-0.05, 0) is 63.3 Å².